The molecule has 1 aromatic heterocycles. The summed E-state index contributed by atoms with van der Waals surface area (Å²) in [5.74, 6) is 0. The molecule has 0 aromatic carbocycles. The molecule has 0 aliphatic heterocycles. The van der Waals surface area contributed by atoms with Gasteiger partial charge in [0.2, 0.25) is 0 Å². The van der Waals surface area contributed by atoms with Gasteiger partial charge in [-0.05, 0) is 49.8 Å². The third-order valence-corrected chi connectivity index (χ3v) is 4.56. The second-order valence-electron chi connectivity index (χ2n) is 5.89. The summed E-state index contributed by atoms with van der Waals surface area (Å²) in [7, 11) is 3.92. The number of ether oxygens (including phenoxy) is 1. The molecule has 1 rings (SSSR count). The lowest BCUT2D eigenvalue weighted by Crippen LogP contribution is -2.48. The Morgan fingerprint density at radius 3 is 2.63 bits per heavy atom. The zero-order chi connectivity index (χ0) is 14.5. The molecule has 0 amide bonds. The molecule has 1 N–H and O–H groups in total. The van der Waals surface area contributed by atoms with Crippen molar-refractivity contribution < 1.29 is 4.74 Å². The van der Waals surface area contributed by atoms with Gasteiger partial charge in [0.25, 0.3) is 0 Å². The van der Waals surface area contributed by atoms with Gasteiger partial charge >= 0.3 is 0 Å². The number of nitrogens with zero attached hydrogens (tertiary/aromatic N) is 1. The summed E-state index contributed by atoms with van der Waals surface area (Å²) in [4.78, 5) is 3.71. The highest BCUT2D eigenvalue weighted by Crippen LogP contribution is 2.21. The van der Waals surface area contributed by atoms with Gasteiger partial charge in [0, 0.05) is 46.5 Å². The minimum absolute atomic E-state index is 0.138. The highest BCUT2D eigenvalue weighted by Gasteiger charge is 2.18. The number of nitrogens with one attached hydrogen (secondary N) is 1. The van der Waals surface area contributed by atoms with E-state index in [0.29, 0.717) is 6.04 Å². The minimum Gasteiger partial charge on any atom is -0.383 e. The number of likely N-dealkylation sites (N-methyl/N-ethyl adjacent to an activating group) is 1. The quantitative estimate of drug-likeness (QED) is 0.817. The van der Waals surface area contributed by atoms with Crippen molar-refractivity contribution in [3.05, 3.63) is 20.8 Å². The van der Waals surface area contributed by atoms with Crippen LogP contribution in [0.4, 0.5) is 0 Å². The molecule has 5 heteroatoms. The molecule has 0 spiro atoms. The normalized spacial score (nSPS) is 14.1. The van der Waals surface area contributed by atoms with Crippen LogP contribution in [0.3, 0.4) is 0 Å². The minimum atomic E-state index is 0.138. The summed E-state index contributed by atoms with van der Waals surface area (Å²) in [6, 6.07) is 2.56. The van der Waals surface area contributed by atoms with Crippen LogP contribution in [0.5, 0.6) is 0 Å². The molecule has 1 aromatic rings. The fourth-order valence-electron chi connectivity index (χ4n) is 1.77. The van der Waals surface area contributed by atoms with E-state index in [-0.39, 0.29) is 5.54 Å². The Hall–Kier alpha value is 0.0600. The third-order valence-electron chi connectivity index (χ3n) is 2.88. The number of halogens is 1. The van der Waals surface area contributed by atoms with E-state index in [1.54, 1.807) is 18.4 Å². The van der Waals surface area contributed by atoms with Crippen molar-refractivity contribution in [1.29, 1.82) is 0 Å². The first kappa shape index (κ1) is 17.1. The van der Waals surface area contributed by atoms with Crippen LogP contribution in [0, 0.1) is 0 Å². The molecule has 3 nitrogen and oxygen atoms in total. The van der Waals surface area contributed by atoms with Crippen molar-refractivity contribution >= 4 is 27.3 Å². The monoisotopic (exact) mass is 348 g/mol. The van der Waals surface area contributed by atoms with Gasteiger partial charge in [0.15, 0.2) is 0 Å². The number of hydrogen-bond donors (Lipinski definition) is 1. The summed E-state index contributed by atoms with van der Waals surface area (Å²) in [5, 5.41) is 5.68. The second kappa shape index (κ2) is 7.74. The molecule has 1 atom stereocenters. The van der Waals surface area contributed by atoms with Crippen LogP contribution in [0.15, 0.2) is 15.9 Å². The lowest BCUT2D eigenvalue weighted by molar-refractivity contribution is 0.0978. The van der Waals surface area contributed by atoms with Crippen molar-refractivity contribution in [2.24, 2.45) is 0 Å². The average Bonchev–Trinajstić information content (AvgIpc) is 2.68. The van der Waals surface area contributed by atoms with Crippen molar-refractivity contribution in [3.63, 3.8) is 0 Å². The molecule has 19 heavy (non-hydrogen) atoms. The van der Waals surface area contributed by atoms with Crippen molar-refractivity contribution in [1.82, 2.24) is 10.2 Å². The average molecular weight is 349 g/mol. The zero-order valence-corrected chi connectivity index (χ0v) is 14.9. The summed E-state index contributed by atoms with van der Waals surface area (Å²) in [6.45, 7) is 9.19. The fraction of sp³-hybridized carbons (Fsp3) is 0.714. The molecule has 0 radical (unpaired) electrons. The van der Waals surface area contributed by atoms with Gasteiger partial charge in [-0.3, -0.25) is 4.90 Å². The first-order valence-electron chi connectivity index (χ1n) is 6.49. The summed E-state index contributed by atoms with van der Waals surface area (Å²) < 4.78 is 6.51. The van der Waals surface area contributed by atoms with E-state index >= 15 is 0 Å². The number of methoxy groups -OCH3 is 1. The van der Waals surface area contributed by atoms with Crippen LogP contribution in [-0.4, -0.2) is 43.8 Å². The molecule has 0 bridgehead atoms. The van der Waals surface area contributed by atoms with Gasteiger partial charge in [0.1, 0.15) is 0 Å². The van der Waals surface area contributed by atoms with Crippen LogP contribution in [0.2, 0.25) is 0 Å². The Labute approximate surface area is 129 Å². The summed E-state index contributed by atoms with van der Waals surface area (Å²) >= 11 is 5.29. The molecular weight excluding hydrogens is 324 g/mol. The number of hydrogen-bond acceptors (Lipinski definition) is 4. The molecule has 0 fully saturated rings. The Morgan fingerprint density at radius 2 is 2.16 bits per heavy atom. The maximum Gasteiger partial charge on any atom is 0.0630 e. The Kier molecular flexibility index (Phi) is 6.97. The topological polar surface area (TPSA) is 24.5 Å². The Morgan fingerprint density at radius 1 is 1.47 bits per heavy atom. The molecule has 1 unspecified atom stereocenters. The Bertz CT molecular complexity index is 376. The summed E-state index contributed by atoms with van der Waals surface area (Å²) in [5.41, 5.74) is 0.138. The highest BCUT2D eigenvalue weighted by atomic mass is 79.9. The van der Waals surface area contributed by atoms with E-state index in [0.717, 1.165) is 24.2 Å². The molecule has 0 aliphatic rings. The van der Waals surface area contributed by atoms with Crippen molar-refractivity contribution in [2.45, 2.75) is 38.9 Å². The summed E-state index contributed by atoms with van der Waals surface area (Å²) in [6.07, 6.45) is 0. The molecule has 0 saturated carbocycles. The van der Waals surface area contributed by atoms with Crippen LogP contribution < -0.4 is 5.32 Å². The predicted molar refractivity (Wildman–Crippen MR) is 86.9 cm³/mol. The van der Waals surface area contributed by atoms with E-state index in [4.69, 9.17) is 4.74 Å². The molecule has 0 saturated heterocycles. The van der Waals surface area contributed by atoms with E-state index in [1.807, 2.05) is 0 Å². The standard InChI is InChI=1S/C14H25BrN2OS/c1-14(2,3)16-7-12(9-18-5)17(4)8-13-6-11(15)10-19-13/h6,10,12,16H,7-9H2,1-5H3. The van der Waals surface area contributed by atoms with Gasteiger partial charge < -0.3 is 10.1 Å². The first-order valence-corrected chi connectivity index (χ1v) is 8.16. The fourth-order valence-corrected chi connectivity index (χ4v) is 3.28. The van der Waals surface area contributed by atoms with Gasteiger partial charge in [-0.1, -0.05) is 0 Å². The smallest absolute Gasteiger partial charge is 0.0630 e. The van der Waals surface area contributed by atoms with Crippen molar-refractivity contribution in [3.8, 4) is 0 Å². The SMILES string of the molecule is COCC(CNC(C)(C)C)N(C)Cc1cc(Br)cs1. The van der Waals surface area contributed by atoms with E-state index in [9.17, 15) is 0 Å². The van der Waals surface area contributed by atoms with Gasteiger partial charge in [-0.2, -0.15) is 0 Å². The molecule has 110 valence electrons. The molecule has 0 aliphatic carbocycles. The lowest BCUT2D eigenvalue weighted by atomic mass is 10.1. The third kappa shape index (κ3) is 6.86. The zero-order valence-electron chi connectivity index (χ0n) is 12.5. The van der Waals surface area contributed by atoms with Crippen LogP contribution in [-0.2, 0) is 11.3 Å². The van der Waals surface area contributed by atoms with Crippen LogP contribution in [0.1, 0.15) is 25.6 Å². The van der Waals surface area contributed by atoms with Crippen LogP contribution >= 0.6 is 27.3 Å². The maximum atomic E-state index is 5.35. The second-order valence-corrected chi connectivity index (χ2v) is 7.80. The largest absolute Gasteiger partial charge is 0.383 e. The Balaban J connectivity index is 2.54. The number of rotatable bonds is 7. The predicted octanol–water partition coefficient (Wildman–Crippen LogP) is 3.35. The highest BCUT2D eigenvalue weighted by molar-refractivity contribution is 9.10. The van der Waals surface area contributed by atoms with Gasteiger partial charge in [0.05, 0.1) is 6.61 Å². The lowest BCUT2D eigenvalue weighted by Gasteiger charge is -2.31. The molecule has 1 heterocycles. The first-order chi connectivity index (χ1) is 8.81. The van der Waals surface area contributed by atoms with Gasteiger partial charge in [-0.25, -0.2) is 0 Å². The van der Waals surface area contributed by atoms with E-state index in [1.165, 1.54) is 4.88 Å². The number of thiophene rings is 1. The van der Waals surface area contributed by atoms with Gasteiger partial charge in [-0.15, -0.1) is 11.3 Å². The van der Waals surface area contributed by atoms with E-state index < -0.39 is 0 Å². The van der Waals surface area contributed by atoms with Crippen LogP contribution in [0.25, 0.3) is 0 Å². The van der Waals surface area contributed by atoms with E-state index in [2.05, 4.69) is 65.4 Å². The van der Waals surface area contributed by atoms with Crippen molar-refractivity contribution in [2.75, 3.05) is 27.3 Å². The molecular formula is C14H25BrN2OS. The maximum absolute atomic E-state index is 5.35.